The molecule has 0 rings (SSSR count). The summed E-state index contributed by atoms with van der Waals surface area (Å²) in [6.07, 6.45) is 1.15. The van der Waals surface area contributed by atoms with Crippen molar-refractivity contribution in [2.24, 2.45) is 5.92 Å². The number of aliphatic hydroxyl groups is 1. The molecule has 6 heteroatoms. The second kappa shape index (κ2) is 8.74. The number of carboxylic acids is 1. The van der Waals surface area contributed by atoms with Crippen LogP contribution in [0.3, 0.4) is 0 Å². The fourth-order valence-corrected chi connectivity index (χ4v) is 1.73. The van der Waals surface area contributed by atoms with Crippen LogP contribution in [0.15, 0.2) is 0 Å². The van der Waals surface area contributed by atoms with Crippen LogP contribution in [0.5, 0.6) is 0 Å². The van der Waals surface area contributed by atoms with Crippen LogP contribution in [0.25, 0.3) is 0 Å². The number of nitrogens with one attached hydrogen (secondary N) is 1. The topological polar surface area (TPSA) is 89.9 Å². The molecule has 0 aromatic heterocycles. The first-order valence-electron chi connectivity index (χ1n) is 6.75. The van der Waals surface area contributed by atoms with Crippen molar-refractivity contribution in [2.45, 2.75) is 52.6 Å². The first kappa shape index (κ1) is 17.7. The normalized spacial score (nSPS) is 14.0. The van der Waals surface area contributed by atoms with E-state index in [4.69, 9.17) is 10.2 Å². The molecule has 0 bridgehead atoms. The Morgan fingerprint density at radius 1 is 1.26 bits per heavy atom. The lowest BCUT2D eigenvalue weighted by Crippen LogP contribution is -2.52. The molecule has 2 amide bonds. The molecular formula is C13H26N2O4. The molecule has 0 spiro atoms. The summed E-state index contributed by atoms with van der Waals surface area (Å²) in [6, 6.07) is -1.32. The maximum absolute atomic E-state index is 12.1. The highest BCUT2D eigenvalue weighted by Crippen LogP contribution is 2.09. The molecule has 0 aliphatic carbocycles. The first-order valence-corrected chi connectivity index (χ1v) is 6.75. The van der Waals surface area contributed by atoms with E-state index in [-0.39, 0.29) is 18.6 Å². The van der Waals surface area contributed by atoms with Gasteiger partial charge < -0.3 is 20.4 Å². The first-order chi connectivity index (χ1) is 8.84. The van der Waals surface area contributed by atoms with Gasteiger partial charge in [-0.1, -0.05) is 20.3 Å². The largest absolute Gasteiger partial charge is 0.480 e. The Labute approximate surface area is 114 Å². The van der Waals surface area contributed by atoms with E-state index in [1.807, 2.05) is 20.8 Å². The van der Waals surface area contributed by atoms with Crippen LogP contribution in [0.2, 0.25) is 0 Å². The van der Waals surface area contributed by atoms with Gasteiger partial charge in [0.1, 0.15) is 6.04 Å². The van der Waals surface area contributed by atoms with Crippen molar-refractivity contribution in [3.63, 3.8) is 0 Å². The molecule has 3 N–H and O–H groups in total. The van der Waals surface area contributed by atoms with Gasteiger partial charge in [-0.25, -0.2) is 9.59 Å². The number of carboxylic acid groups (broad SMARTS) is 1. The average Bonchev–Trinajstić information content (AvgIpc) is 2.34. The number of aliphatic hydroxyl groups excluding tert-OH is 1. The number of urea groups is 1. The summed E-state index contributed by atoms with van der Waals surface area (Å²) >= 11 is 0. The molecule has 0 aliphatic heterocycles. The molecule has 0 aliphatic rings. The summed E-state index contributed by atoms with van der Waals surface area (Å²) in [5.41, 5.74) is 0. The highest BCUT2D eigenvalue weighted by molar-refractivity contribution is 5.82. The van der Waals surface area contributed by atoms with Crippen molar-refractivity contribution in [3.05, 3.63) is 0 Å². The lowest BCUT2D eigenvalue weighted by Gasteiger charge is -2.29. The highest BCUT2D eigenvalue weighted by Gasteiger charge is 2.28. The molecule has 0 aromatic carbocycles. The molecular weight excluding hydrogens is 248 g/mol. The van der Waals surface area contributed by atoms with Gasteiger partial charge in [-0.05, 0) is 26.2 Å². The van der Waals surface area contributed by atoms with E-state index in [9.17, 15) is 9.59 Å². The number of hydrogen-bond donors (Lipinski definition) is 3. The summed E-state index contributed by atoms with van der Waals surface area (Å²) in [7, 11) is 0. The van der Waals surface area contributed by atoms with Gasteiger partial charge in [0, 0.05) is 19.2 Å². The second-order valence-corrected chi connectivity index (χ2v) is 5.02. The molecule has 6 nitrogen and oxygen atoms in total. The Hall–Kier alpha value is -1.30. The Balaban J connectivity index is 4.71. The van der Waals surface area contributed by atoms with Crippen LogP contribution in [-0.2, 0) is 4.79 Å². The molecule has 0 heterocycles. The molecule has 0 saturated carbocycles. The van der Waals surface area contributed by atoms with Crippen LogP contribution in [0.1, 0.15) is 40.5 Å². The van der Waals surface area contributed by atoms with Crippen LogP contribution < -0.4 is 5.32 Å². The number of hydrogen-bond acceptors (Lipinski definition) is 3. The van der Waals surface area contributed by atoms with Crippen molar-refractivity contribution < 1.29 is 19.8 Å². The summed E-state index contributed by atoms with van der Waals surface area (Å²) in [4.78, 5) is 24.8. The maximum atomic E-state index is 12.1. The zero-order valence-electron chi connectivity index (χ0n) is 12.2. The zero-order chi connectivity index (χ0) is 15.0. The lowest BCUT2D eigenvalue weighted by atomic mass is 9.99. The van der Waals surface area contributed by atoms with E-state index in [0.717, 1.165) is 0 Å². The van der Waals surface area contributed by atoms with Gasteiger partial charge in [0.2, 0.25) is 0 Å². The lowest BCUT2D eigenvalue weighted by molar-refractivity contribution is -0.140. The second-order valence-electron chi connectivity index (χ2n) is 5.02. The Morgan fingerprint density at radius 2 is 1.84 bits per heavy atom. The van der Waals surface area contributed by atoms with Crippen molar-refractivity contribution >= 4 is 12.0 Å². The minimum absolute atomic E-state index is 0.00419. The average molecular weight is 274 g/mol. The Kier molecular flexibility index (Phi) is 8.14. The SMILES string of the molecule is CCC(C)C(NC(=O)N(CCCO)C(C)C)C(=O)O. The number of nitrogens with zero attached hydrogens (tertiary/aromatic N) is 1. The predicted molar refractivity (Wildman–Crippen MR) is 73.0 cm³/mol. The summed E-state index contributed by atoms with van der Waals surface area (Å²) in [6.45, 7) is 7.81. The van der Waals surface area contributed by atoms with Crippen molar-refractivity contribution in [2.75, 3.05) is 13.2 Å². The summed E-state index contributed by atoms with van der Waals surface area (Å²) in [5.74, 6) is -1.15. The smallest absolute Gasteiger partial charge is 0.326 e. The van der Waals surface area contributed by atoms with Crippen molar-refractivity contribution in [3.8, 4) is 0 Å². The third-order valence-corrected chi connectivity index (χ3v) is 3.20. The minimum atomic E-state index is -1.02. The van der Waals surface area contributed by atoms with E-state index in [2.05, 4.69) is 5.32 Å². The standard InChI is InChI=1S/C13H26N2O4/c1-5-10(4)11(12(17)18)14-13(19)15(9(2)3)7-6-8-16/h9-11,16H,5-8H2,1-4H3,(H,14,19)(H,17,18). The van der Waals surface area contributed by atoms with Crippen LogP contribution >= 0.6 is 0 Å². The highest BCUT2D eigenvalue weighted by atomic mass is 16.4. The summed E-state index contributed by atoms with van der Waals surface area (Å²) in [5, 5.41) is 20.5. The van der Waals surface area contributed by atoms with Gasteiger partial charge in [0.25, 0.3) is 0 Å². The van der Waals surface area contributed by atoms with E-state index >= 15 is 0 Å². The number of carbonyl (C=O) groups is 2. The fourth-order valence-electron chi connectivity index (χ4n) is 1.73. The number of rotatable bonds is 8. The molecule has 0 radical (unpaired) electrons. The molecule has 19 heavy (non-hydrogen) atoms. The van der Waals surface area contributed by atoms with Gasteiger partial charge in [-0.15, -0.1) is 0 Å². The van der Waals surface area contributed by atoms with Crippen LogP contribution in [0.4, 0.5) is 4.79 Å². The van der Waals surface area contributed by atoms with Gasteiger partial charge in [0.15, 0.2) is 0 Å². The third-order valence-electron chi connectivity index (χ3n) is 3.20. The van der Waals surface area contributed by atoms with E-state index in [1.54, 1.807) is 6.92 Å². The summed E-state index contributed by atoms with van der Waals surface area (Å²) < 4.78 is 0. The predicted octanol–water partition coefficient (Wildman–Crippen LogP) is 1.29. The number of amides is 2. The molecule has 112 valence electrons. The molecule has 2 atom stereocenters. The van der Waals surface area contributed by atoms with Gasteiger partial charge in [-0.3, -0.25) is 0 Å². The van der Waals surface area contributed by atoms with Gasteiger partial charge in [0.05, 0.1) is 0 Å². The van der Waals surface area contributed by atoms with E-state index < -0.39 is 18.0 Å². The quantitative estimate of drug-likeness (QED) is 0.622. The third kappa shape index (κ3) is 5.92. The fraction of sp³-hybridized carbons (Fsp3) is 0.846. The van der Waals surface area contributed by atoms with Crippen LogP contribution in [0, 0.1) is 5.92 Å². The van der Waals surface area contributed by atoms with Gasteiger partial charge >= 0.3 is 12.0 Å². The van der Waals surface area contributed by atoms with Crippen molar-refractivity contribution in [1.82, 2.24) is 10.2 Å². The molecule has 0 aromatic rings. The molecule has 2 unspecified atom stereocenters. The Morgan fingerprint density at radius 3 is 2.21 bits per heavy atom. The minimum Gasteiger partial charge on any atom is -0.480 e. The molecule has 0 saturated heterocycles. The number of carbonyl (C=O) groups excluding carboxylic acids is 1. The number of aliphatic carboxylic acids is 1. The van der Waals surface area contributed by atoms with E-state index in [0.29, 0.717) is 19.4 Å². The van der Waals surface area contributed by atoms with Gasteiger partial charge in [-0.2, -0.15) is 0 Å². The zero-order valence-corrected chi connectivity index (χ0v) is 12.2. The van der Waals surface area contributed by atoms with Crippen molar-refractivity contribution in [1.29, 1.82) is 0 Å². The van der Waals surface area contributed by atoms with Crippen LogP contribution in [-0.4, -0.2) is 52.3 Å². The maximum Gasteiger partial charge on any atom is 0.326 e. The van der Waals surface area contributed by atoms with E-state index in [1.165, 1.54) is 4.90 Å². The molecule has 0 fully saturated rings. The monoisotopic (exact) mass is 274 g/mol. The Bertz CT molecular complexity index is 294.